The first-order valence-corrected chi connectivity index (χ1v) is 10.4. The van der Waals surface area contributed by atoms with Crippen LogP contribution >= 0.6 is 0 Å². The molecule has 2 aliphatic heterocycles. The molecule has 2 saturated heterocycles. The molecule has 0 atom stereocenters. The molecular weight excluding hydrogens is 350 g/mol. The number of nitrogens with zero attached hydrogens (tertiary/aromatic N) is 2. The van der Waals surface area contributed by atoms with Gasteiger partial charge in [0.15, 0.2) is 0 Å². The summed E-state index contributed by atoms with van der Waals surface area (Å²) in [6, 6.07) is 18.0. The Hall–Kier alpha value is -2.53. The lowest BCUT2D eigenvalue weighted by atomic mass is 9.94. The number of carbonyl (C=O) groups excluding carboxylic acids is 1. The number of piperidine rings is 1. The molecule has 2 aliphatic rings. The highest BCUT2D eigenvalue weighted by Gasteiger charge is 2.32. The van der Waals surface area contributed by atoms with Gasteiger partial charge >= 0.3 is 0 Å². The predicted molar refractivity (Wildman–Crippen MR) is 110 cm³/mol. The third-order valence-corrected chi connectivity index (χ3v) is 6.19. The van der Waals surface area contributed by atoms with Crippen molar-refractivity contribution in [1.29, 1.82) is 0 Å². The molecule has 0 saturated carbocycles. The lowest BCUT2D eigenvalue weighted by molar-refractivity contribution is -0.919. The summed E-state index contributed by atoms with van der Waals surface area (Å²) in [5.74, 6) is 0.884. The van der Waals surface area contributed by atoms with Crippen molar-refractivity contribution in [2.45, 2.75) is 19.4 Å². The molecule has 0 aliphatic carbocycles. The summed E-state index contributed by atoms with van der Waals surface area (Å²) in [7, 11) is 0. The van der Waals surface area contributed by atoms with Crippen LogP contribution in [-0.4, -0.2) is 55.2 Å². The van der Waals surface area contributed by atoms with E-state index in [0.717, 1.165) is 64.2 Å². The molecule has 0 bridgehead atoms. The van der Waals surface area contributed by atoms with E-state index in [4.69, 9.17) is 0 Å². The molecule has 2 heterocycles. The molecule has 5 nitrogen and oxygen atoms in total. The number of anilines is 1. The van der Waals surface area contributed by atoms with E-state index in [-0.39, 0.29) is 5.92 Å². The zero-order valence-electron chi connectivity index (χ0n) is 16.4. The lowest BCUT2D eigenvalue weighted by Gasteiger charge is -2.38. The van der Waals surface area contributed by atoms with Crippen LogP contribution in [-0.2, 0) is 11.3 Å². The van der Waals surface area contributed by atoms with Crippen molar-refractivity contribution >= 4 is 11.6 Å². The van der Waals surface area contributed by atoms with Crippen LogP contribution in [0.15, 0.2) is 54.6 Å². The van der Waals surface area contributed by atoms with Crippen LogP contribution in [0.5, 0.6) is 5.75 Å². The molecule has 0 radical (unpaired) electrons. The average molecular weight is 381 g/mol. The van der Waals surface area contributed by atoms with Crippen molar-refractivity contribution in [3.05, 3.63) is 60.2 Å². The first kappa shape index (κ1) is 18.8. The standard InChI is InChI=1S/C23H29N3O2/c27-22-9-5-4-6-20(22)18-24-12-10-19(11-13-24)23(28)26-16-14-25(15-17-26)21-7-2-1-3-8-21/h1-9,19,27H,10-18H2/p+1. The third kappa shape index (κ3) is 4.30. The number of nitrogens with one attached hydrogen (secondary N) is 1. The van der Waals surface area contributed by atoms with Crippen molar-refractivity contribution in [3.63, 3.8) is 0 Å². The minimum atomic E-state index is 0.163. The fourth-order valence-electron chi connectivity index (χ4n) is 4.46. The van der Waals surface area contributed by atoms with Gasteiger partial charge in [0, 0.05) is 56.2 Å². The second-order valence-corrected chi connectivity index (χ2v) is 7.98. The van der Waals surface area contributed by atoms with Crippen molar-refractivity contribution in [3.8, 4) is 5.75 Å². The predicted octanol–water partition coefficient (Wildman–Crippen LogP) is 1.54. The summed E-state index contributed by atoms with van der Waals surface area (Å²) in [4.78, 5) is 18.9. The molecule has 0 spiro atoms. The van der Waals surface area contributed by atoms with Gasteiger partial charge in [-0.25, -0.2) is 0 Å². The Morgan fingerprint density at radius 2 is 1.57 bits per heavy atom. The van der Waals surface area contributed by atoms with Gasteiger partial charge in [-0.3, -0.25) is 4.79 Å². The molecule has 5 heteroatoms. The fraction of sp³-hybridized carbons (Fsp3) is 0.435. The number of benzene rings is 2. The Morgan fingerprint density at radius 1 is 0.929 bits per heavy atom. The number of phenolic OH excluding ortho intramolecular Hbond substituents is 1. The first-order valence-electron chi connectivity index (χ1n) is 10.4. The Balaban J connectivity index is 1.25. The number of quaternary nitrogens is 1. The van der Waals surface area contributed by atoms with Crippen LogP contribution in [0.3, 0.4) is 0 Å². The molecule has 1 amide bonds. The van der Waals surface area contributed by atoms with Crippen molar-refractivity contribution in [2.24, 2.45) is 5.92 Å². The van der Waals surface area contributed by atoms with E-state index < -0.39 is 0 Å². The Labute approximate surface area is 167 Å². The van der Waals surface area contributed by atoms with Crippen LogP contribution in [0.4, 0.5) is 5.69 Å². The van der Waals surface area contributed by atoms with Gasteiger partial charge in [0.2, 0.25) is 5.91 Å². The molecule has 0 unspecified atom stereocenters. The van der Waals surface area contributed by atoms with E-state index in [1.807, 2.05) is 24.3 Å². The van der Waals surface area contributed by atoms with Gasteiger partial charge in [-0.15, -0.1) is 0 Å². The van der Waals surface area contributed by atoms with Crippen LogP contribution in [0, 0.1) is 5.92 Å². The first-order chi connectivity index (χ1) is 13.7. The van der Waals surface area contributed by atoms with Gasteiger partial charge in [-0.05, 0) is 24.3 Å². The van der Waals surface area contributed by atoms with Crippen LogP contribution in [0.2, 0.25) is 0 Å². The number of hydrogen-bond donors (Lipinski definition) is 2. The second kappa shape index (κ2) is 8.65. The van der Waals surface area contributed by atoms with Crippen LogP contribution in [0.25, 0.3) is 0 Å². The molecule has 0 aromatic heterocycles. The van der Waals surface area contributed by atoms with E-state index >= 15 is 0 Å². The van der Waals surface area contributed by atoms with Gasteiger partial charge in [0.05, 0.1) is 13.1 Å². The summed E-state index contributed by atoms with van der Waals surface area (Å²) in [5.41, 5.74) is 2.25. The maximum absolute atomic E-state index is 13.0. The fourth-order valence-corrected chi connectivity index (χ4v) is 4.46. The van der Waals surface area contributed by atoms with E-state index in [1.54, 1.807) is 6.07 Å². The summed E-state index contributed by atoms with van der Waals surface area (Å²) >= 11 is 0. The molecule has 28 heavy (non-hydrogen) atoms. The molecular formula is C23H30N3O2+. The van der Waals surface area contributed by atoms with Crippen LogP contribution < -0.4 is 9.80 Å². The van der Waals surface area contributed by atoms with E-state index in [1.165, 1.54) is 10.6 Å². The highest BCUT2D eigenvalue weighted by molar-refractivity contribution is 5.79. The number of phenols is 1. The van der Waals surface area contributed by atoms with Crippen molar-refractivity contribution in [1.82, 2.24) is 4.90 Å². The number of amides is 1. The van der Waals surface area contributed by atoms with Gasteiger partial charge in [0.1, 0.15) is 12.3 Å². The SMILES string of the molecule is O=C(C1CC[NH+](Cc2ccccc2O)CC1)N1CCN(c2ccccc2)CC1. The minimum Gasteiger partial charge on any atom is -0.507 e. The Bertz CT molecular complexity index is 779. The second-order valence-electron chi connectivity index (χ2n) is 7.98. The molecule has 2 fully saturated rings. The zero-order chi connectivity index (χ0) is 19.3. The summed E-state index contributed by atoms with van der Waals surface area (Å²) < 4.78 is 0. The molecule has 2 N–H and O–H groups in total. The third-order valence-electron chi connectivity index (χ3n) is 6.19. The molecule has 2 aromatic carbocycles. The normalized spacial score (nSPS) is 22.9. The van der Waals surface area contributed by atoms with Crippen LogP contribution in [0.1, 0.15) is 18.4 Å². The number of piperazine rings is 1. The van der Waals surface area contributed by atoms with Gasteiger partial charge < -0.3 is 19.8 Å². The Kier molecular flexibility index (Phi) is 5.81. The van der Waals surface area contributed by atoms with Crippen molar-refractivity contribution in [2.75, 3.05) is 44.2 Å². The highest BCUT2D eigenvalue weighted by Crippen LogP contribution is 2.20. The number of rotatable bonds is 4. The quantitative estimate of drug-likeness (QED) is 0.846. The van der Waals surface area contributed by atoms with E-state index in [2.05, 4.69) is 34.1 Å². The number of carbonyl (C=O) groups is 1. The topological polar surface area (TPSA) is 48.2 Å². The largest absolute Gasteiger partial charge is 0.507 e. The van der Waals surface area contributed by atoms with E-state index in [0.29, 0.717) is 11.7 Å². The van der Waals surface area contributed by atoms with Gasteiger partial charge in [-0.2, -0.15) is 0 Å². The van der Waals surface area contributed by atoms with E-state index in [9.17, 15) is 9.90 Å². The zero-order valence-corrected chi connectivity index (χ0v) is 16.4. The van der Waals surface area contributed by atoms with Crippen molar-refractivity contribution < 1.29 is 14.8 Å². The monoisotopic (exact) mass is 380 g/mol. The minimum absolute atomic E-state index is 0.163. The highest BCUT2D eigenvalue weighted by atomic mass is 16.3. The molecule has 4 rings (SSSR count). The summed E-state index contributed by atoms with van der Waals surface area (Å²) in [6.45, 7) is 6.28. The number of likely N-dealkylation sites (tertiary alicyclic amines) is 1. The average Bonchev–Trinajstić information content (AvgIpc) is 2.76. The molecule has 148 valence electrons. The summed E-state index contributed by atoms with van der Waals surface area (Å²) in [5, 5.41) is 9.98. The number of hydrogen-bond acceptors (Lipinski definition) is 3. The number of aromatic hydroxyl groups is 1. The van der Waals surface area contributed by atoms with Gasteiger partial charge in [-0.1, -0.05) is 30.3 Å². The Morgan fingerprint density at radius 3 is 2.25 bits per heavy atom. The lowest BCUT2D eigenvalue weighted by Crippen LogP contribution is -3.11. The maximum atomic E-state index is 13.0. The summed E-state index contributed by atoms with van der Waals surface area (Å²) in [6.07, 6.45) is 1.89. The van der Waals surface area contributed by atoms with Gasteiger partial charge in [0.25, 0.3) is 0 Å². The number of para-hydroxylation sites is 2. The smallest absolute Gasteiger partial charge is 0.226 e. The molecule has 2 aromatic rings. The maximum Gasteiger partial charge on any atom is 0.226 e.